The molecule has 1 aliphatic rings. The maximum atomic E-state index is 11.7. The van der Waals surface area contributed by atoms with Gasteiger partial charge in [-0.2, -0.15) is 11.3 Å². The predicted molar refractivity (Wildman–Crippen MR) is 84.1 cm³/mol. The lowest BCUT2D eigenvalue weighted by Crippen LogP contribution is -2.48. The Bertz CT molecular complexity index is 678. The Morgan fingerprint density at radius 2 is 2.27 bits per heavy atom. The first-order valence-corrected chi connectivity index (χ1v) is 9.43. The first-order valence-electron chi connectivity index (χ1n) is 6.67. The fraction of sp³-hybridized carbons (Fsp3) is 0.429. The Morgan fingerprint density at radius 3 is 2.86 bits per heavy atom. The zero-order valence-corrected chi connectivity index (χ0v) is 13.7. The SMILES string of the molecule is C[C@]1(NC(=O)COC(=O)/C=C/c2ccsc2)CCS(=O)(=O)C1. The van der Waals surface area contributed by atoms with E-state index in [0.29, 0.717) is 6.42 Å². The van der Waals surface area contributed by atoms with Gasteiger partial charge in [0.15, 0.2) is 16.4 Å². The molecule has 1 atom stereocenters. The number of hydrogen-bond acceptors (Lipinski definition) is 6. The molecule has 22 heavy (non-hydrogen) atoms. The van der Waals surface area contributed by atoms with Gasteiger partial charge in [0.05, 0.1) is 17.0 Å². The monoisotopic (exact) mass is 343 g/mol. The van der Waals surface area contributed by atoms with Crippen molar-refractivity contribution in [3.05, 3.63) is 28.5 Å². The number of ether oxygens (including phenoxy) is 1. The Balaban J connectivity index is 1.77. The van der Waals surface area contributed by atoms with Crippen LogP contribution in [0.4, 0.5) is 0 Å². The van der Waals surface area contributed by atoms with Crippen LogP contribution < -0.4 is 5.32 Å². The lowest BCUT2D eigenvalue weighted by Gasteiger charge is -2.23. The van der Waals surface area contributed by atoms with Gasteiger partial charge in [-0.05, 0) is 41.8 Å². The minimum absolute atomic E-state index is 0.0624. The van der Waals surface area contributed by atoms with Crippen LogP contribution in [0.5, 0.6) is 0 Å². The van der Waals surface area contributed by atoms with Crippen molar-refractivity contribution in [2.24, 2.45) is 0 Å². The van der Waals surface area contributed by atoms with E-state index in [4.69, 9.17) is 4.74 Å². The molecule has 8 heteroatoms. The van der Waals surface area contributed by atoms with Crippen molar-refractivity contribution >= 4 is 39.1 Å². The van der Waals surface area contributed by atoms with Gasteiger partial charge in [-0.15, -0.1) is 0 Å². The number of esters is 1. The van der Waals surface area contributed by atoms with Crippen molar-refractivity contribution in [1.82, 2.24) is 5.32 Å². The van der Waals surface area contributed by atoms with Gasteiger partial charge in [0.1, 0.15) is 0 Å². The van der Waals surface area contributed by atoms with Gasteiger partial charge < -0.3 is 10.1 Å². The average molecular weight is 343 g/mol. The molecule has 2 heterocycles. The van der Waals surface area contributed by atoms with Crippen molar-refractivity contribution in [3.63, 3.8) is 0 Å². The Labute approximate surface area is 133 Å². The van der Waals surface area contributed by atoms with Crippen LogP contribution in [0.25, 0.3) is 6.08 Å². The van der Waals surface area contributed by atoms with Crippen molar-refractivity contribution < 1.29 is 22.7 Å². The summed E-state index contributed by atoms with van der Waals surface area (Å²) in [6.45, 7) is 1.25. The Kier molecular flexibility index (Phi) is 5.02. The summed E-state index contributed by atoms with van der Waals surface area (Å²) in [5.74, 6) is -1.15. The Hall–Kier alpha value is -1.67. The molecule has 0 saturated carbocycles. The summed E-state index contributed by atoms with van der Waals surface area (Å²) >= 11 is 1.51. The number of carbonyl (C=O) groups excluding carboxylic acids is 2. The van der Waals surface area contributed by atoms with E-state index in [9.17, 15) is 18.0 Å². The van der Waals surface area contributed by atoms with E-state index in [0.717, 1.165) is 5.56 Å². The number of amides is 1. The second-order valence-electron chi connectivity index (χ2n) is 5.45. The molecule has 1 aliphatic heterocycles. The first-order chi connectivity index (χ1) is 10.3. The number of rotatable bonds is 5. The fourth-order valence-corrected chi connectivity index (χ4v) is 4.92. The molecule has 0 radical (unpaired) electrons. The molecule has 1 aromatic rings. The van der Waals surface area contributed by atoms with Crippen molar-refractivity contribution in [2.45, 2.75) is 18.9 Å². The molecule has 1 amide bonds. The van der Waals surface area contributed by atoms with Gasteiger partial charge in [-0.25, -0.2) is 13.2 Å². The van der Waals surface area contributed by atoms with Gasteiger partial charge >= 0.3 is 5.97 Å². The van der Waals surface area contributed by atoms with Crippen LogP contribution in [0.3, 0.4) is 0 Å². The van der Waals surface area contributed by atoms with Crippen LogP contribution in [-0.4, -0.2) is 43.9 Å². The first kappa shape index (κ1) is 16.7. The molecule has 1 aromatic heterocycles. The van der Waals surface area contributed by atoms with Gasteiger partial charge in [0.25, 0.3) is 5.91 Å². The molecule has 1 N–H and O–H groups in total. The average Bonchev–Trinajstić information content (AvgIpc) is 3.02. The third kappa shape index (κ3) is 4.96. The number of sulfone groups is 1. The van der Waals surface area contributed by atoms with Crippen molar-refractivity contribution in [1.29, 1.82) is 0 Å². The smallest absolute Gasteiger partial charge is 0.331 e. The lowest BCUT2D eigenvalue weighted by molar-refractivity contribution is -0.144. The van der Waals surface area contributed by atoms with E-state index in [1.807, 2.05) is 16.8 Å². The van der Waals surface area contributed by atoms with Crippen LogP contribution in [0.15, 0.2) is 22.9 Å². The zero-order chi connectivity index (χ0) is 16.2. The molecule has 0 aromatic carbocycles. The summed E-state index contributed by atoms with van der Waals surface area (Å²) < 4.78 is 27.7. The second kappa shape index (κ2) is 6.62. The quantitative estimate of drug-likeness (QED) is 0.636. The molecule has 0 spiro atoms. The normalized spacial score (nSPS) is 23.5. The highest BCUT2D eigenvalue weighted by molar-refractivity contribution is 7.91. The number of hydrogen-bond donors (Lipinski definition) is 1. The topological polar surface area (TPSA) is 89.5 Å². The van der Waals surface area contributed by atoms with E-state index >= 15 is 0 Å². The van der Waals surface area contributed by atoms with Crippen LogP contribution in [0.1, 0.15) is 18.9 Å². The fourth-order valence-electron chi connectivity index (χ4n) is 2.20. The molecule has 6 nitrogen and oxygen atoms in total. The highest BCUT2D eigenvalue weighted by Gasteiger charge is 2.39. The molecular formula is C14H17NO5S2. The molecule has 1 saturated heterocycles. The van der Waals surface area contributed by atoms with Crippen LogP contribution in [0, 0.1) is 0 Å². The predicted octanol–water partition coefficient (Wildman–Crippen LogP) is 0.998. The minimum atomic E-state index is -3.10. The van der Waals surface area contributed by atoms with Gasteiger partial charge in [0.2, 0.25) is 0 Å². The van der Waals surface area contributed by atoms with Crippen LogP contribution >= 0.6 is 11.3 Å². The van der Waals surface area contributed by atoms with E-state index in [1.54, 1.807) is 13.0 Å². The van der Waals surface area contributed by atoms with Gasteiger partial charge in [0, 0.05) is 6.08 Å². The van der Waals surface area contributed by atoms with Crippen molar-refractivity contribution in [2.75, 3.05) is 18.1 Å². The molecule has 0 unspecified atom stereocenters. The highest BCUT2D eigenvalue weighted by Crippen LogP contribution is 2.22. The maximum Gasteiger partial charge on any atom is 0.331 e. The third-order valence-corrected chi connectivity index (χ3v) is 5.85. The number of thiophene rings is 1. The minimum Gasteiger partial charge on any atom is -0.452 e. The van der Waals surface area contributed by atoms with E-state index in [1.165, 1.54) is 17.4 Å². The summed E-state index contributed by atoms with van der Waals surface area (Å²) in [7, 11) is -3.10. The second-order valence-corrected chi connectivity index (χ2v) is 8.41. The third-order valence-electron chi connectivity index (χ3n) is 3.25. The van der Waals surface area contributed by atoms with E-state index < -0.39 is 33.9 Å². The summed E-state index contributed by atoms with van der Waals surface area (Å²) in [6.07, 6.45) is 3.21. The highest BCUT2D eigenvalue weighted by atomic mass is 32.2. The van der Waals surface area contributed by atoms with Crippen LogP contribution in [0.2, 0.25) is 0 Å². The molecule has 1 fully saturated rings. The summed E-state index contributed by atoms with van der Waals surface area (Å²) in [4.78, 5) is 23.2. The van der Waals surface area contributed by atoms with Crippen LogP contribution in [-0.2, 0) is 24.2 Å². The lowest BCUT2D eigenvalue weighted by atomic mass is 10.0. The molecule has 0 bridgehead atoms. The summed E-state index contributed by atoms with van der Waals surface area (Å²) in [5.41, 5.74) is 0.101. The van der Waals surface area contributed by atoms with Gasteiger partial charge in [-0.1, -0.05) is 0 Å². The standard InChI is InChI=1S/C14H17NO5S2/c1-14(5-7-22(18,19)10-14)15-12(16)8-20-13(17)3-2-11-4-6-21-9-11/h2-4,6,9H,5,7-8,10H2,1H3,(H,15,16)/b3-2+/t14-/m0/s1. The molecule has 2 rings (SSSR count). The molecule has 0 aliphatic carbocycles. The Morgan fingerprint density at radius 1 is 1.50 bits per heavy atom. The van der Waals surface area contributed by atoms with Gasteiger partial charge in [-0.3, -0.25) is 4.79 Å². The molecular weight excluding hydrogens is 326 g/mol. The largest absolute Gasteiger partial charge is 0.452 e. The summed E-state index contributed by atoms with van der Waals surface area (Å²) in [5, 5.41) is 6.37. The van der Waals surface area contributed by atoms with E-state index in [-0.39, 0.29) is 11.5 Å². The maximum absolute atomic E-state index is 11.7. The zero-order valence-electron chi connectivity index (χ0n) is 12.1. The summed E-state index contributed by atoms with van der Waals surface area (Å²) in [6, 6.07) is 1.85. The number of carbonyl (C=O) groups is 2. The molecule has 120 valence electrons. The van der Waals surface area contributed by atoms with Crippen molar-refractivity contribution in [3.8, 4) is 0 Å². The number of nitrogens with one attached hydrogen (secondary N) is 1. The van der Waals surface area contributed by atoms with E-state index in [2.05, 4.69) is 5.32 Å².